The number of para-hydroxylation sites is 1. The highest BCUT2D eigenvalue weighted by Crippen LogP contribution is 2.07. The Kier molecular flexibility index (Phi) is 4.06. The van der Waals surface area contributed by atoms with Crippen molar-refractivity contribution in [3.8, 4) is 0 Å². The molecule has 0 spiro atoms. The molecule has 3 N–H and O–H groups in total. The van der Waals surface area contributed by atoms with Crippen molar-refractivity contribution < 1.29 is 15.1 Å². The van der Waals surface area contributed by atoms with Crippen LogP contribution in [0.1, 0.15) is 0 Å². The van der Waals surface area contributed by atoms with Gasteiger partial charge < -0.3 is 15.1 Å². The third kappa shape index (κ3) is 3.53. The lowest BCUT2D eigenvalue weighted by molar-refractivity contribution is 0.278. The zero-order valence-corrected chi connectivity index (χ0v) is 7.41. The number of hydrogen-bond acceptors (Lipinski definition) is 4. The number of pyridine rings is 1. The van der Waals surface area contributed by atoms with Crippen LogP contribution in [0, 0.1) is 0 Å². The molecule has 2 aromatic rings. The molecule has 0 aliphatic rings. The minimum atomic E-state index is -2.17. The Morgan fingerprint density at radius 2 is 1.50 bits per heavy atom. The molecule has 0 radical (unpaired) electrons. The number of nitrogens with zero attached hydrogens (tertiary/aromatic N) is 1. The fourth-order valence-electron chi connectivity index (χ4n) is 1.02. The summed E-state index contributed by atoms with van der Waals surface area (Å²) < 4.78 is 0. The van der Waals surface area contributed by atoms with Gasteiger partial charge in [-0.15, -0.1) is 0 Å². The van der Waals surface area contributed by atoms with E-state index in [1.165, 1.54) is 5.39 Å². The summed E-state index contributed by atoms with van der Waals surface area (Å²) in [5.41, 5.74) is 1.06. The number of hydrogen-bond donors (Lipinski definition) is 3. The number of benzene rings is 1. The summed E-state index contributed by atoms with van der Waals surface area (Å²) >= 11 is 0. The molecule has 0 saturated heterocycles. The van der Waals surface area contributed by atoms with Crippen molar-refractivity contribution in [1.82, 2.24) is 4.98 Å². The number of rotatable bonds is 0. The van der Waals surface area contributed by atoms with Gasteiger partial charge in [0.25, 0.3) is 0 Å². The summed E-state index contributed by atoms with van der Waals surface area (Å²) in [6, 6.07) is 12.1. The Morgan fingerprint density at radius 3 is 2.14 bits per heavy atom. The normalized spacial score (nSPS) is 9.07. The summed E-state index contributed by atoms with van der Waals surface area (Å²) in [7, 11) is -2.17. The lowest BCUT2D eigenvalue weighted by Gasteiger charge is -1.91. The number of fused-ring (bicyclic) bond motifs is 1. The van der Waals surface area contributed by atoms with E-state index in [1.54, 1.807) is 0 Å². The van der Waals surface area contributed by atoms with Crippen LogP contribution in [0.5, 0.6) is 0 Å². The monoisotopic (exact) mass is 191 g/mol. The van der Waals surface area contributed by atoms with Gasteiger partial charge in [-0.25, -0.2) is 0 Å². The number of aromatic nitrogens is 1. The van der Waals surface area contributed by atoms with Gasteiger partial charge >= 0.3 is 7.32 Å². The Balaban J connectivity index is 0.000000213. The molecular weight excluding hydrogens is 181 g/mol. The van der Waals surface area contributed by atoms with Crippen molar-refractivity contribution in [2.24, 2.45) is 0 Å². The van der Waals surface area contributed by atoms with Crippen molar-refractivity contribution in [3.05, 3.63) is 42.6 Å². The zero-order valence-electron chi connectivity index (χ0n) is 7.41. The Hall–Kier alpha value is -1.43. The van der Waals surface area contributed by atoms with Gasteiger partial charge in [0.05, 0.1) is 5.52 Å². The van der Waals surface area contributed by atoms with E-state index in [0.29, 0.717) is 0 Å². The van der Waals surface area contributed by atoms with Crippen LogP contribution in [-0.2, 0) is 0 Å². The topological polar surface area (TPSA) is 73.6 Å². The highest BCUT2D eigenvalue weighted by molar-refractivity contribution is 6.30. The van der Waals surface area contributed by atoms with Crippen LogP contribution in [0.3, 0.4) is 0 Å². The molecule has 0 unspecified atom stereocenters. The van der Waals surface area contributed by atoms with Gasteiger partial charge in [-0.2, -0.15) is 0 Å². The van der Waals surface area contributed by atoms with Crippen molar-refractivity contribution in [3.63, 3.8) is 0 Å². The highest BCUT2D eigenvalue weighted by atomic mass is 16.5. The smallest absolute Gasteiger partial charge is 0.402 e. The van der Waals surface area contributed by atoms with Crippen LogP contribution in [0.2, 0.25) is 0 Å². The molecule has 0 amide bonds. The predicted octanol–water partition coefficient (Wildman–Crippen LogP) is 0.183. The maximum atomic E-state index is 7.17. The van der Waals surface area contributed by atoms with Crippen molar-refractivity contribution in [2.45, 2.75) is 0 Å². The second-order valence-electron chi connectivity index (χ2n) is 2.54. The predicted molar refractivity (Wildman–Crippen MR) is 54.2 cm³/mol. The first-order valence-corrected chi connectivity index (χ1v) is 4.04. The van der Waals surface area contributed by atoms with E-state index in [2.05, 4.69) is 17.1 Å². The fourth-order valence-corrected chi connectivity index (χ4v) is 1.02. The maximum Gasteiger partial charge on any atom is 0.631 e. The Bertz CT molecular complexity index is 326. The second kappa shape index (κ2) is 5.34. The van der Waals surface area contributed by atoms with E-state index in [-0.39, 0.29) is 0 Å². The quantitative estimate of drug-likeness (QED) is 0.519. The van der Waals surface area contributed by atoms with E-state index in [1.807, 2.05) is 30.5 Å². The van der Waals surface area contributed by atoms with Gasteiger partial charge in [0.15, 0.2) is 0 Å². The van der Waals surface area contributed by atoms with Gasteiger partial charge in [-0.3, -0.25) is 4.98 Å². The SMILES string of the molecule is OB(O)O.c1ccc2ncccc2c1. The summed E-state index contributed by atoms with van der Waals surface area (Å²) in [5.74, 6) is 0. The molecule has 1 aromatic carbocycles. The van der Waals surface area contributed by atoms with Crippen LogP contribution in [0.25, 0.3) is 10.9 Å². The van der Waals surface area contributed by atoms with Gasteiger partial charge in [0, 0.05) is 11.6 Å². The Labute approximate surface area is 81.6 Å². The highest BCUT2D eigenvalue weighted by Gasteiger charge is 1.92. The fraction of sp³-hybridized carbons (Fsp3) is 0. The van der Waals surface area contributed by atoms with E-state index >= 15 is 0 Å². The molecular formula is C9H10BNO3. The first kappa shape index (κ1) is 10.7. The first-order chi connectivity index (χ1) is 6.70. The van der Waals surface area contributed by atoms with Gasteiger partial charge in [-0.05, 0) is 12.1 Å². The zero-order chi connectivity index (χ0) is 10.4. The largest absolute Gasteiger partial charge is 0.631 e. The van der Waals surface area contributed by atoms with Crippen molar-refractivity contribution >= 4 is 18.2 Å². The van der Waals surface area contributed by atoms with Gasteiger partial charge in [0.2, 0.25) is 0 Å². The van der Waals surface area contributed by atoms with Crippen LogP contribution < -0.4 is 0 Å². The van der Waals surface area contributed by atoms with E-state index in [9.17, 15) is 0 Å². The summed E-state index contributed by atoms with van der Waals surface area (Å²) in [5, 5.41) is 22.7. The van der Waals surface area contributed by atoms with E-state index < -0.39 is 7.32 Å². The molecule has 0 fully saturated rings. The lowest BCUT2D eigenvalue weighted by atomic mass is 10.2. The lowest BCUT2D eigenvalue weighted by Crippen LogP contribution is -2.07. The minimum Gasteiger partial charge on any atom is -0.402 e. The summed E-state index contributed by atoms with van der Waals surface area (Å²) in [4.78, 5) is 4.18. The molecule has 0 atom stereocenters. The molecule has 72 valence electrons. The van der Waals surface area contributed by atoms with Crippen LogP contribution >= 0.6 is 0 Å². The Morgan fingerprint density at radius 1 is 0.929 bits per heavy atom. The first-order valence-electron chi connectivity index (χ1n) is 4.04. The third-order valence-corrected chi connectivity index (χ3v) is 1.51. The average molecular weight is 191 g/mol. The molecule has 0 aliphatic heterocycles. The average Bonchev–Trinajstić information content (AvgIpc) is 2.17. The maximum absolute atomic E-state index is 7.17. The molecule has 5 heteroatoms. The molecule has 0 bridgehead atoms. The molecule has 0 aliphatic carbocycles. The molecule has 4 nitrogen and oxygen atoms in total. The van der Waals surface area contributed by atoms with E-state index in [0.717, 1.165) is 5.52 Å². The second-order valence-corrected chi connectivity index (χ2v) is 2.54. The summed E-state index contributed by atoms with van der Waals surface area (Å²) in [6.45, 7) is 0. The van der Waals surface area contributed by atoms with Crippen LogP contribution in [0.4, 0.5) is 0 Å². The standard InChI is InChI=1S/C9H7N.BH3O3/c1-2-6-9-8(4-1)5-3-7-10-9;2-1(3)4/h1-7H;2-4H. The van der Waals surface area contributed by atoms with Crippen LogP contribution in [-0.4, -0.2) is 27.4 Å². The van der Waals surface area contributed by atoms with E-state index in [4.69, 9.17) is 15.1 Å². The van der Waals surface area contributed by atoms with Crippen molar-refractivity contribution in [2.75, 3.05) is 0 Å². The molecule has 1 heterocycles. The van der Waals surface area contributed by atoms with Crippen LogP contribution in [0.15, 0.2) is 42.6 Å². The van der Waals surface area contributed by atoms with Gasteiger partial charge in [0.1, 0.15) is 0 Å². The molecule has 1 aromatic heterocycles. The molecule has 0 saturated carbocycles. The minimum absolute atomic E-state index is 1.06. The molecule has 2 rings (SSSR count). The molecule has 14 heavy (non-hydrogen) atoms. The van der Waals surface area contributed by atoms with Crippen molar-refractivity contribution in [1.29, 1.82) is 0 Å². The third-order valence-electron chi connectivity index (χ3n) is 1.51. The van der Waals surface area contributed by atoms with Gasteiger partial charge in [-0.1, -0.05) is 24.3 Å². The summed E-state index contributed by atoms with van der Waals surface area (Å²) in [6.07, 6.45) is 1.81.